The van der Waals surface area contributed by atoms with Gasteiger partial charge in [0, 0.05) is 11.5 Å². The van der Waals surface area contributed by atoms with E-state index in [4.69, 9.17) is 5.11 Å². The van der Waals surface area contributed by atoms with Crippen LogP contribution in [0.5, 0.6) is 0 Å². The first kappa shape index (κ1) is 21.7. The Hall–Kier alpha value is -2.61. The third kappa shape index (κ3) is 5.45. The number of carboxylic acids is 1. The molecule has 0 aromatic heterocycles. The maximum atomic E-state index is 10.9. The summed E-state index contributed by atoms with van der Waals surface area (Å²) < 4.78 is 0. The Balaban J connectivity index is 2.65. The van der Waals surface area contributed by atoms with Gasteiger partial charge >= 0.3 is 5.97 Å². The molecule has 28 heavy (non-hydrogen) atoms. The Morgan fingerprint density at radius 3 is 2.46 bits per heavy atom. The van der Waals surface area contributed by atoms with Crippen LogP contribution in [0.3, 0.4) is 0 Å². The van der Waals surface area contributed by atoms with Crippen LogP contribution in [0.2, 0.25) is 0 Å². The lowest BCUT2D eigenvalue weighted by atomic mass is 9.77. The summed E-state index contributed by atoms with van der Waals surface area (Å²) in [5.41, 5.74) is 6.48. The summed E-state index contributed by atoms with van der Waals surface area (Å²) in [4.78, 5) is 10.9. The second kappa shape index (κ2) is 8.18. The van der Waals surface area contributed by atoms with E-state index >= 15 is 0 Å². The Bertz CT molecular complexity index is 902. The molecule has 0 spiro atoms. The molecule has 0 bridgehead atoms. The first-order valence-corrected chi connectivity index (χ1v) is 9.72. The average molecular weight is 377 g/mol. The quantitative estimate of drug-likeness (QED) is 0.456. The van der Waals surface area contributed by atoms with E-state index in [-0.39, 0.29) is 10.8 Å². The van der Waals surface area contributed by atoms with Crippen LogP contribution in [-0.4, -0.2) is 11.1 Å². The average Bonchev–Trinajstić information content (AvgIpc) is 2.61. The molecule has 1 aromatic carbocycles. The number of carboxylic acid groups (broad SMARTS) is 1. The topological polar surface area (TPSA) is 37.3 Å². The molecule has 1 aliphatic carbocycles. The summed E-state index contributed by atoms with van der Waals surface area (Å²) in [6, 6.07) is 6.05. The number of aryl methyl sites for hydroxylation is 1. The lowest BCUT2D eigenvalue weighted by molar-refractivity contribution is -0.131. The van der Waals surface area contributed by atoms with Crippen LogP contribution in [0.1, 0.15) is 57.7 Å². The molecular weight excluding hydrogens is 344 g/mol. The molecular formula is C26H32O2. The monoisotopic (exact) mass is 376 g/mol. The molecule has 148 valence electrons. The number of hydrogen-bond donors (Lipinski definition) is 1. The van der Waals surface area contributed by atoms with E-state index in [1.807, 2.05) is 12.1 Å². The lowest BCUT2D eigenvalue weighted by Crippen LogP contribution is -2.14. The molecule has 0 amide bonds. The third-order valence-electron chi connectivity index (χ3n) is 5.43. The van der Waals surface area contributed by atoms with Crippen molar-refractivity contribution in [3.05, 3.63) is 83.0 Å². The summed E-state index contributed by atoms with van der Waals surface area (Å²) in [5, 5.41) is 8.93. The van der Waals surface area contributed by atoms with E-state index in [0.717, 1.165) is 34.3 Å². The fourth-order valence-corrected chi connectivity index (χ4v) is 3.10. The minimum absolute atomic E-state index is 0.0718. The van der Waals surface area contributed by atoms with Gasteiger partial charge in [-0.05, 0) is 71.2 Å². The Morgan fingerprint density at radius 2 is 1.82 bits per heavy atom. The largest absolute Gasteiger partial charge is 0.478 e. The molecule has 0 heterocycles. The molecule has 0 saturated carbocycles. The van der Waals surface area contributed by atoms with Gasteiger partial charge in [-0.1, -0.05) is 70.7 Å². The maximum absolute atomic E-state index is 10.9. The molecule has 2 heteroatoms. The van der Waals surface area contributed by atoms with Crippen molar-refractivity contribution in [1.29, 1.82) is 0 Å². The first-order valence-electron chi connectivity index (χ1n) is 9.72. The Labute approximate surface area is 169 Å². The van der Waals surface area contributed by atoms with Crippen molar-refractivity contribution < 1.29 is 9.90 Å². The van der Waals surface area contributed by atoms with E-state index in [0.29, 0.717) is 0 Å². The molecule has 0 fully saturated rings. The van der Waals surface area contributed by atoms with Gasteiger partial charge in [0.15, 0.2) is 0 Å². The summed E-state index contributed by atoms with van der Waals surface area (Å²) in [6.45, 7) is 17.5. The van der Waals surface area contributed by atoms with E-state index in [1.165, 1.54) is 11.6 Å². The van der Waals surface area contributed by atoms with Gasteiger partial charge in [0.1, 0.15) is 0 Å². The normalized spacial score (nSPS) is 24.1. The molecule has 0 atom stereocenters. The van der Waals surface area contributed by atoms with Crippen LogP contribution >= 0.6 is 0 Å². The number of carbonyl (C=O) groups is 1. The van der Waals surface area contributed by atoms with Gasteiger partial charge in [-0.2, -0.15) is 0 Å². The minimum atomic E-state index is -0.944. The van der Waals surface area contributed by atoms with E-state index in [2.05, 4.69) is 78.5 Å². The van der Waals surface area contributed by atoms with Crippen LogP contribution in [0.25, 0.3) is 11.6 Å². The summed E-state index contributed by atoms with van der Waals surface area (Å²) in [6.07, 6.45) is 12.8. The predicted octanol–water partition coefficient (Wildman–Crippen LogP) is 6.99. The SMILES string of the molecule is C=C1/C=C(c2cc(/C=C/C(=O)O)ccc2C)\C(C)=C/CC(C)(C)/C=C\C1(C)C. The third-order valence-corrected chi connectivity index (χ3v) is 5.43. The van der Waals surface area contributed by atoms with E-state index in [9.17, 15) is 4.79 Å². The van der Waals surface area contributed by atoms with E-state index < -0.39 is 5.97 Å². The number of allylic oxidation sites excluding steroid dienone is 7. The molecule has 0 aliphatic heterocycles. The zero-order valence-electron chi connectivity index (χ0n) is 18.0. The zero-order valence-corrected chi connectivity index (χ0v) is 18.0. The molecule has 1 aliphatic rings. The maximum Gasteiger partial charge on any atom is 0.328 e. The van der Waals surface area contributed by atoms with Crippen LogP contribution in [0.15, 0.2) is 66.3 Å². The lowest BCUT2D eigenvalue weighted by Gasteiger charge is -2.28. The van der Waals surface area contributed by atoms with Crippen molar-refractivity contribution in [2.75, 3.05) is 0 Å². The highest BCUT2D eigenvalue weighted by Gasteiger charge is 2.22. The molecule has 2 rings (SSSR count). The van der Waals surface area contributed by atoms with E-state index in [1.54, 1.807) is 6.08 Å². The summed E-state index contributed by atoms with van der Waals surface area (Å²) in [5.74, 6) is -0.944. The van der Waals surface area contributed by atoms with Gasteiger partial charge in [0.2, 0.25) is 0 Å². The molecule has 1 N–H and O–H groups in total. The molecule has 1 aromatic rings. The number of hydrogen-bond acceptors (Lipinski definition) is 1. The fraction of sp³-hybridized carbons (Fsp3) is 0.346. The van der Waals surface area contributed by atoms with Crippen LogP contribution in [0, 0.1) is 17.8 Å². The van der Waals surface area contributed by atoms with Gasteiger partial charge in [-0.25, -0.2) is 4.79 Å². The number of rotatable bonds is 3. The zero-order chi connectivity index (χ0) is 21.1. The number of aliphatic carboxylic acids is 1. The van der Waals surface area contributed by atoms with Crippen LogP contribution in [0.4, 0.5) is 0 Å². The van der Waals surface area contributed by atoms with Crippen molar-refractivity contribution in [3.63, 3.8) is 0 Å². The number of benzene rings is 1. The highest BCUT2D eigenvalue weighted by molar-refractivity contribution is 5.87. The van der Waals surface area contributed by atoms with Crippen molar-refractivity contribution in [2.24, 2.45) is 10.8 Å². The fourth-order valence-electron chi connectivity index (χ4n) is 3.10. The smallest absolute Gasteiger partial charge is 0.328 e. The van der Waals surface area contributed by atoms with Crippen molar-refractivity contribution >= 4 is 17.6 Å². The van der Waals surface area contributed by atoms with Gasteiger partial charge in [0.05, 0.1) is 0 Å². The van der Waals surface area contributed by atoms with Crippen LogP contribution < -0.4 is 0 Å². The summed E-state index contributed by atoms with van der Waals surface area (Å²) in [7, 11) is 0. The predicted molar refractivity (Wildman–Crippen MR) is 120 cm³/mol. The van der Waals surface area contributed by atoms with Crippen molar-refractivity contribution in [2.45, 2.75) is 48.0 Å². The first-order chi connectivity index (χ1) is 12.9. The van der Waals surface area contributed by atoms with Gasteiger partial charge in [-0.3, -0.25) is 0 Å². The van der Waals surface area contributed by atoms with Crippen molar-refractivity contribution in [3.8, 4) is 0 Å². The molecule has 0 unspecified atom stereocenters. The highest BCUT2D eigenvalue weighted by atomic mass is 16.4. The standard InChI is InChI=1S/C26H32O2/c1-18-8-9-21(10-11-24(27)28)17-23(18)22-16-20(3)26(6,7)15-14-25(4,5)13-12-19(22)2/h8-12,14-17H,3,13H2,1-2,4-7H3,(H,27,28)/b11-10+,15-14-,19-12-,22-16+. The molecule has 0 saturated heterocycles. The second-order valence-electron chi connectivity index (χ2n) is 8.96. The highest BCUT2D eigenvalue weighted by Crippen LogP contribution is 2.38. The van der Waals surface area contributed by atoms with Gasteiger partial charge in [0.25, 0.3) is 0 Å². The van der Waals surface area contributed by atoms with Gasteiger partial charge < -0.3 is 5.11 Å². The Kier molecular flexibility index (Phi) is 6.34. The second-order valence-corrected chi connectivity index (χ2v) is 8.96. The summed E-state index contributed by atoms with van der Waals surface area (Å²) >= 11 is 0. The Morgan fingerprint density at radius 1 is 1.14 bits per heavy atom. The molecule has 2 nitrogen and oxygen atoms in total. The minimum Gasteiger partial charge on any atom is -0.478 e. The molecule has 0 radical (unpaired) electrons. The van der Waals surface area contributed by atoms with Gasteiger partial charge in [-0.15, -0.1) is 0 Å². The van der Waals surface area contributed by atoms with Crippen LogP contribution in [-0.2, 0) is 4.79 Å². The van der Waals surface area contributed by atoms with Crippen molar-refractivity contribution in [1.82, 2.24) is 0 Å².